The summed E-state index contributed by atoms with van der Waals surface area (Å²) in [6, 6.07) is 10.2. The molecule has 1 aliphatic heterocycles. The first-order valence-electron chi connectivity index (χ1n) is 8.84. The molecule has 6 nitrogen and oxygen atoms in total. The van der Waals surface area contributed by atoms with Gasteiger partial charge in [-0.1, -0.05) is 13.8 Å². The average Bonchev–Trinajstić information content (AvgIpc) is 3.08. The van der Waals surface area contributed by atoms with Crippen LogP contribution >= 0.6 is 0 Å². The van der Waals surface area contributed by atoms with E-state index < -0.39 is 0 Å². The van der Waals surface area contributed by atoms with E-state index in [1.165, 1.54) is 12.1 Å². The van der Waals surface area contributed by atoms with E-state index in [0.29, 0.717) is 5.92 Å². The van der Waals surface area contributed by atoms with Gasteiger partial charge in [-0.05, 0) is 43.3 Å². The van der Waals surface area contributed by atoms with Gasteiger partial charge in [0.05, 0.1) is 11.7 Å². The third kappa shape index (κ3) is 2.83. The lowest BCUT2D eigenvalue weighted by molar-refractivity contribution is 0.476. The fourth-order valence-corrected chi connectivity index (χ4v) is 3.40. The lowest BCUT2D eigenvalue weighted by Gasteiger charge is -2.34. The molecule has 7 heteroatoms. The first-order valence-corrected chi connectivity index (χ1v) is 8.84. The molecule has 3 aromatic rings. The molecule has 26 heavy (non-hydrogen) atoms. The number of aromatic nitrogens is 5. The van der Waals surface area contributed by atoms with Crippen LogP contribution in [0.4, 0.5) is 10.2 Å². The minimum Gasteiger partial charge on any atom is -0.343 e. The van der Waals surface area contributed by atoms with Crippen LogP contribution in [-0.4, -0.2) is 31.5 Å². The van der Waals surface area contributed by atoms with Crippen LogP contribution in [0, 0.1) is 5.82 Å². The lowest BCUT2D eigenvalue weighted by atomic mass is 10.1. The van der Waals surface area contributed by atoms with E-state index in [2.05, 4.69) is 50.6 Å². The quantitative estimate of drug-likeness (QED) is 0.721. The molecule has 1 aliphatic rings. The molecule has 0 spiro atoms. The molecule has 1 unspecified atom stereocenters. The van der Waals surface area contributed by atoms with Gasteiger partial charge >= 0.3 is 0 Å². The van der Waals surface area contributed by atoms with Gasteiger partial charge in [-0.25, -0.2) is 4.39 Å². The molecule has 2 aromatic heterocycles. The summed E-state index contributed by atoms with van der Waals surface area (Å²) in [6.45, 7) is 8.04. The second kappa shape index (κ2) is 6.48. The van der Waals surface area contributed by atoms with Crippen molar-refractivity contribution in [3.63, 3.8) is 0 Å². The Morgan fingerprint density at radius 3 is 2.38 bits per heavy atom. The molecule has 1 atom stereocenters. The molecule has 0 saturated heterocycles. The minimum atomic E-state index is -0.259. The Morgan fingerprint density at radius 1 is 0.962 bits per heavy atom. The van der Waals surface area contributed by atoms with Crippen LogP contribution in [0.25, 0.3) is 11.3 Å². The normalized spacial score (nSPS) is 16.8. The van der Waals surface area contributed by atoms with Crippen LogP contribution in [0.15, 0.2) is 36.4 Å². The van der Waals surface area contributed by atoms with Crippen molar-refractivity contribution in [3.05, 3.63) is 53.9 Å². The zero-order valence-corrected chi connectivity index (χ0v) is 15.1. The Bertz CT molecular complexity index is 901. The van der Waals surface area contributed by atoms with Gasteiger partial charge < -0.3 is 9.47 Å². The number of hydrogen-bond donors (Lipinski definition) is 0. The van der Waals surface area contributed by atoms with Crippen LogP contribution in [-0.2, 0) is 6.54 Å². The maximum Gasteiger partial charge on any atom is 0.155 e. The molecule has 0 saturated carbocycles. The van der Waals surface area contributed by atoms with E-state index in [9.17, 15) is 4.39 Å². The molecule has 134 valence electrons. The standard InChI is InChI=1S/C19H21FN6/c1-12(2)18-23-24-19-13(3)25(10-11-26(18)19)17-9-8-16(21-22-17)14-4-6-15(20)7-5-14/h4-9,12-13H,10-11H2,1-3H3. The zero-order valence-electron chi connectivity index (χ0n) is 15.1. The van der Waals surface area contributed by atoms with Crippen molar-refractivity contribution in [2.75, 3.05) is 11.4 Å². The summed E-state index contributed by atoms with van der Waals surface area (Å²) in [4.78, 5) is 2.19. The highest BCUT2D eigenvalue weighted by molar-refractivity contribution is 5.59. The summed E-state index contributed by atoms with van der Waals surface area (Å²) < 4.78 is 15.3. The highest BCUT2D eigenvalue weighted by Gasteiger charge is 2.29. The minimum absolute atomic E-state index is 0.0784. The number of nitrogens with zero attached hydrogens (tertiary/aromatic N) is 6. The fourth-order valence-electron chi connectivity index (χ4n) is 3.40. The van der Waals surface area contributed by atoms with Gasteiger partial charge in [0.2, 0.25) is 0 Å². The highest BCUT2D eigenvalue weighted by atomic mass is 19.1. The number of hydrogen-bond acceptors (Lipinski definition) is 5. The topological polar surface area (TPSA) is 59.7 Å². The smallest absolute Gasteiger partial charge is 0.155 e. The van der Waals surface area contributed by atoms with Crippen molar-refractivity contribution in [1.29, 1.82) is 0 Å². The largest absolute Gasteiger partial charge is 0.343 e. The Hall–Kier alpha value is -2.83. The molecule has 0 fully saturated rings. The summed E-state index contributed by atoms with van der Waals surface area (Å²) in [5, 5.41) is 17.5. The monoisotopic (exact) mass is 352 g/mol. The fraction of sp³-hybridized carbons (Fsp3) is 0.368. The summed E-state index contributed by atoms with van der Waals surface area (Å²) in [7, 11) is 0. The molecule has 0 aliphatic carbocycles. The Morgan fingerprint density at radius 2 is 1.73 bits per heavy atom. The summed E-state index contributed by atoms with van der Waals surface area (Å²) >= 11 is 0. The summed E-state index contributed by atoms with van der Waals surface area (Å²) in [5.41, 5.74) is 1.57. The van der Waals surface area contributed by atoms with Crippen molar-refractivity contribution in [2.45, 2.75) is 39.3 Å². The first-order chi connectivity index (χ1) is 12.5. The predicted octanol–water partition coefficient (Wildman–Crippen LogP) is 3.58. The average molecular weight is 352 g/mol. The Kier molecular flexibility index (Phi) is 4.14. The molecule has 1 aromatic carbocycles. The molecule has 0 radical (unpaired) electrons. The van der Waals surface area contributed by atoms with E-state index in [4.69, 9.17) is 0 Å². The predicted molar refractivity (Wildman–Crippen MR) is 97.3 cm³/mol. The maximum absolute atomic E-state index is 13.1. The zero-order chi connectivity index (χ0) is 18.3. The molecular weight excluding hydrogens is 331 g/mol. The molecule has 0 N–H and O–H groups in total. The van der Waals surface area contributed by atoms with Crippen LogP contribution in [0.2, 0.25) is 0 Å². The molecule has 0 bridgehead atoms. The van der Waals surface area contributed by atoms with Gasteiger partial charge in [0, 0.05) is 24.6 Å². The SMILES string of the molecule is CC(C)c1nnc2n1CCN(c1ccc(-c3ccc(F)cc3)nn1)C2C. The highest BCUT2D eigenvalue weighted by Crippen LogP contribution is 2.30. The first kappa shape index (κ1) is 16.6. The van der Waals surface area contributed by atoms with E-state index in [1.54, 1.807) is 12.1 Å². The van der Waals surface area contributed by atoms with Crippen molar-refractivity contribution in [3.8, 4) is 11.3 Å². The number of anilines is 1. The van der Waals surface area contributed by atoms with Crippen LogP contribution in [0.5, 0.6) is 0 Å². The van der Waals surface area contributed by atoms with Crippen LogP contribution < -0.4 is 4.90 Å². The number of benzene rings is 1. The van der Waals surface area contributed by atoms with E-state index >= 15 is 0 Å². The van der Waals surface area contributed by atoms with E-state index in [1.807, 2.05) is 12.1 Å². The Labute approximate surface area is 151 Å². The van der Waals surface area contributed by atoms with E-state index in [0.717, 1.165) is 41.8 Å². The molecular formula is C19H21FN6. The van der Waals surface area contributed by atoms with Crippen molar-refractivity contribution in [1.82, 2.24) is 25.0 Å². The van der Waals surface area contributed by atoms with Gasteiger partial charge in [0.25, 0.3) is 0 Å². The van der Waals surface area contributed by atoms with Crippen molar-refractivity contribution in [2.24, 2.45) is 0 Å². The van der Waals surface area contributed by atoms with Crippen molar-refractivity contribution < 1.29 is 4.39 Å². The van der Waals surface area contributed by atoms with Gasteiger partial charge in [0.1, 0.15) is 11.6 Å². The van der Waals surface area contributed by atoms with Crippen LogP contribution in [0.1, 0.15) is 44.4 Å². The number of rotatable bonds is 3. The third-order valence-corrected chi connectivity index (χ3v) is 4.81. The Balaban J connectivity index is 1.59. The van der Waals surface area contributed by atoms with Gasteiger partial charge in [-0.15, -0.1) is 20.4 Å². The molecule has 3 heterocycles. The van der Waals surface area contributed by atoms with Gasteiger partial charge in [-0.3, -0.25) is 0 Å². The summed E-state index contributed by atoms with van der Waals surface area (Å²) in [5.74, 6) is 2.90. The van der Waals surface area contributed by atoms with Crippen LogP contribution in [0.3, 0.4) is 0 Å². The second-order valence-corrected chi connectivity index (χ2v) is 6.88. The second-order valence-electron chi connectivity index (χ2n) is 6.88. The van der Waals surface area contributed by atoms with E-state index in [-0.39, 0.29) is 11.9 Å². The molecule has 4 rings (SSSR count). The summed E-state index contributed by atoms with van der Waals surface area (Å²) in [6.07, 6.45) is 0. The lowest BCUT2D eigenvalue weighted by Crippen LogP contribution is -2.38. The number of fused-ring (bicyclic) bond motifs is 1. The van der Waals surface area contributed by atoms with Gasteiger partial charge in [-0.2, -0.15) is 0 Å². The van der Waals surface area contributed by atoms with Gasteiger partial charge in [0.15, 0.2) is 11.6 Å². The van der Waals surface area contributed by atoms with Crippen molar-refractivity contribution >= 4 is 5.82 Å². The molecule has 0 amide bonds. The third-order valence-electron chi connectivity index (χ3n) is 4.81. The number of halogens is 1. The maximum atomic E-state index is 13.1.